The topological polar surface area (TPSA) is 0 Å². The van der Waals surface area contributed by atoms with Crippen molar-refractivity contribution in [1.82, 2.24) is 0 Å². The molecule has 0 amide bonds. The van der Waals surface area contributed by atoms with Crippen LogP contribution in [0.4, 0.5) is 0 Å². The first-order valence-electron chi connectivity index (χ1n) is 4.81. The Bertz CT molecular complexity index is 129. The van der Waals surface area contributed by atoms with Crippen LogP contribution in [-0.2, 0) is 0 Å². The molecule has 3 atom stereocenters. The van der Waals surface area contributed by atoms with E-state index in [-0.39, 0.29) is 0 Å². The van der Waals surface area contributed by atoms with E-state index in [2.05, 4.69) is 30.0 Å². The summed E-state index contributed by atoms with van der Waals surface area (Å²) in [6, 6.07) is 0. The molecule has 1 heteroatoms. The van der Waals surface area contributed by atoms with Gasteiger partial charge in [-0.3, -0.25) is 0 Å². The Balaban J connectivity index is 2.11. The molecule has 0 saturated heterocycles. The Labute approximate surface area is 73.3 Å². The van der Waals surface area contributed by atoms with Crippen LogP contribution in [0.15, 0.2) is 0 Å². The van der Waals surface area contributed by atoms with Gasteiger partial charge in [-0.1, -0.05) is 27.2 Å². The third-order valence-corrected chi connectivity index (χ3v) is 3.94. The van der Waals surface area contributed by atoms with Gasteiger partial charge in [-0.05, 0) is 36.3 Å². The first-order valence-corrected chi connectivity index (χ1v) is 5.47. The molecular weight excluding hydrogens is 151 g/mol. The van der Waals surface area contributed by atoms with Crippen molar-refractivity contribution in [2.45, 2.75) is 52.1 Å². The lowest BCUT2D eigenvalue weighted by Crippen LogP contribution is -2.09. The monoisotopic (exact) mass is 172 g/mol. The maximum Gasteiger partial charge on any atom is -0.0233 e. The third kappa shape index (κ3) is 3.11. The van der Waals surface area contributed by atoms with Crippen LogP contribution in [0.25, 0.3) is 0 Å². The Morgan fingerprint density at radius 3 is 2.36 bits per heavy atom. The molecule has 0 N–H and O–H groups in total. The molecule has 3 unspecified atom stereocenters. The first kappa shape index (κ1) is 9.52. The van der Waals surface area contributed by atoms with Crippen LogP contribution in [-0.4, -0.2) is 5.66 Å². The molecule has 0 aromatic rings. The van der Waals surface area contributed by atoms with Crippen LogP contribution in [0.2, 0.25) is 0 Å². The Morgan fingerprint density at radius 1 is 1.45 bits per heavy atom. The standard InChI is InChI=1S/C10H21P/c1-4-10(2,3)6-5-8-7-9(8)11/h8-9H,4-7,11H2,1-3H3. The lowest BCUT2D eigenvalue weighted by Gasteiger charge is -2.22. The molecule has 0 aromatic heterocycles. The Kier molecular flexibility index (Phi) is 2.97. The van der Waals surface area contributed by atoms with E-state index in [4.69, 9.17) is 0 Å². The van der Waals surface area contributed by atoms with E-state index in [1.165, 1.54) is 25.7 Å². The molecule has 0 bridgehead atoms. The summed E-state index contributed by atoms with van der Waals surface area (Å²) >= 11 is 0. The van der Waals surface area contributed by atoms with Crippen LogP contribution in [0.5, 0.6) is 0 Å². The van der Waals surface area contributed by atoms with Gasteiger partial charge in [-0.2, -0.15) is 0 Å². The molecule has 0 aromatic carbocycles. The number of hydrogen-bond donors (Lipinski definition) is 0. The van der Waals surface area contributed by atoms with E-state index in [1.54, 1.807) is 0 Å². The average Bonchev–Trinajstić information content (AvgIpc) is 2.63. The highest BCUT2D eigenvalue weighted by Gasteiger charge is 2.33. The second-order valence-electron chi connectivity index (χ2n) is 4.72. The van der Waals surface area contributed by atoms with Crippen molar-refractivity contribution in [2.75, 3.05) is 0 Å². The second kappa shape index (κ2) is 3.44. The van der Waals surface area contributed by atoms with Crippen LogP contribution in [0.3, 0.4) is 0 Å². The fraction of sp³-hybridized carbons (Fsp3) is 1.00. The van der Waals surface area contributed by atoms with Crippen molar-refractivity contribution >= 4 is 9.24 Å². The zero-order valence-corrected chi connectivity index (χ0v) is 9.22. The molecule has 0 spiro atoms. The number of rotatable bonds is 4. The predicted molar refractivity (Wildman–Crippen MR) is 54.9 cm³/mol. The molecule has 1 aliphatic carbocycles. The first-order chi connectivity index (χ1) is 5.05. The predicted octanol–water partition coefficient (Wildman–Crippen LogP) is 3.47. The second-order valence-corrected chi connectivity index (χ2v) is 5.57. The van der Waals surface area contributed by atoms with Gasteiger partial charge in [-0.25, -0.2) is 0 Å². The van der Waals surface area contributed by atoms with Crippen molar-refractivity contribution in [3.8, 4) is 0 Å². The van der Waals surface area contributed by atoms with E-state index in [0.717, 1.165) is 11.6 Å². The summed E-state index contributed by atoms with van der Waals surface area (Å²) in [7, 11) is 2.94. The van der Waals surface area contributed by atoms with Gasteiger partial charge in [0.1, 0.15) is 0 Å². The molecule has 0 heterocycles. The highest BCUT2D eigenvalue weighted by atomic mass is 31.0. The van der Waals surface area contributed by atoms with Crippen molar-refractivity contribution in [3.05, 3.63) is 0 Å². The van der Waals surface area contributed by atoms with Crippen molar-refractivity contribution < 1.29 is 0 Å². The van der Waals surface area contributed by atoms with Gasteiger partial charge in [-0.15, -0.1) is 9.24 Å². The quantitative estimate of drug-likeness (QED) is 0.570. The third-order valence-electron chi connectivity index (χ3n) is 3.13. The molecule has 1 rings (SSSR count). The van der Waals surface area contributed by atoms with Crippen molar-refractivity contribution in [1.29, 1.82) is 0 Å². The van der Waals surface area contributed by atoms with E-state index in [9.17, 15) is 0 Å². The summed E-state index contributed by atoms with van der Waals surface area (Å²) in [6.45, 7) is 7.06. The Hall–Kier alpha value is 0.430. The van der Waals surface area contributed by atoms with Gasteiger partial charge in [0.05, 0.1) is 0 Å². The van der Waals surface area contributed by atoms with E-state index >= 15 is 0 Å². The normalized spacial score (nSPS) is 30.5. The number of hydrogen-bond acceptors (Lipinski definition) is 0. The van der Waals surface area contributed by atoms with Gasteiger partial charge in [0.15, 0.2) is 0 Å². The van der Waals surface area contributed by atoms with E-state index in [1.807, 2.05) is 0 Å². The zero-order valence-electron chi connectivity index (χ0n) is 8.06. The van der Waals surface area contributed by atoms with Crippen LogP contribution < -0.4 is 0 Å². The minimum absolute atomic E-state index is 0.590. The van der Waals surface area contributed by atoms with Crippen molar-refractivity contribution in [3.63, 3.8) is 0 Å². The SMILES string of the molecule is CCC(C)(C)CCC1CC1P. The molecular formula is C10H21P. The zero-order chi connectivity index (χ0) is 8.48. The molecule has 1 fully saturated rings. The summed E-state index contributed by atoms with van der Waals surface area (Å²) in [5, 5.41) is 0. The van der Waals surface area contributed by atoms with Gasteiger partial charge in [0.2, 0.25) is 0 Å². The molecule has 11 heavy (non-hydrogen) atoms. The van der Waals surface area contributed by atoms with E-state index in [0.29, 0.717) is 5.41 Å². The largest absolute Gasteiger partial charge is 0.134 e. The highest BCUT2D eigenvalue weighted by molar-refractivity contribution is 7.18. The minimum Gasteiger partial charge on any atom is -0.134 e. The molecule has 1 aliphatic rings. The molecule has 66 valence electrons. The van der Waals surface area contributed by atoms with Crippen LogP contribution >= 0.6 is 9.24 Å². The fourth-order valence-corrected chi connectivity index (χ4v) is 1.90. The smallest absolute Gasteiger partial charge is 0.0233 e. The summed E-state index contributed by atoms with van der Waals surface area (Å²) in [6.07, 6.45) is 5.65. The molecule has 1 saturated carbocycles. The molecule has 0 radical (unpaired) electrons. The average molecular weight is 172 g/mol. The summed E-state index contributed by atoms with van der Waals surface area (Å²) in [5.41, 5.74) is 1.55. The van der Waals surface area contributed by atoms with Gasteiger partial charge < -0.3 is 0 Å². The Morgan fingerprint density at radius 2 is 2.00 bits per heavy atom. The van der Waals surface area contributed by atoms with Crippen LogP contribution in [0, 0.1) is 11.3 Å². The van der Waals surface area contributed by atoms with Gasteiger partial charge in [0, 0.05) is 0 Å². The van der Waals surface area contributed by atoms with Gasteiger partial charge in [0.25, 0.3) is 0 Å². The van der Waals surface area contributed by atoms with Crippen LogP contribution in [0.1, 0.15) is 46.5 Å². The van der Waals surface area contributed by atoms with Gasteiger partial charge >= 0.3 is 0 Å². The molecule has 0 aliphatic heterocycles. The van der Waals surface area contributed by atoms with E-state index < -0.39 is 0 Å². The fourth-order valence-electron chi connectivity index (χ4n) is 1.36. The maximum absolute atomic E-state index is 2.94. The highest BCUT2D eigenvalue weighted by Crippen LogP contribution is 2.43. The lowest BCUT2D eigenvalue weighted by atomic mass is 9.84. The summed E-state index contributed by atoms with van der Waals surface area (Å²) in [4.78, 5) is 0. The molecule has 0 nitrogen and oxygen atoms in total. The minimum atomic E-state index is 0.590. The maximum atomic E-state index is 2.94. The summed E-state index contributed by atoms with van der Waals surface area (Å²) in [5.74, 6) is 1.05. The lowest BCUT2D eigenvalue weighted by molar-refractivity contribution is 0.305. The summed E-state index contributed by atoms with van der Waals surface area (Å²) < 4.78 is 0. The van der Waals surface area contributed by atoms with Crippen molar-refractivity contribution in [2.24, 2.45) is 11.3 Å².